The van der Waals surface area contributed by atoms with Crippen molar-refractivity contribution in [2.75, 3.05) is 6.54 Å². The minimum atomic E-state index is -0.857. The van der Waals surface area contributed by atoms with Crippen molar-refractivity contribution in [3.8, 4) is 6.07 Å². The molecule has 2 heterocycles. The number of imidazole rings is 1. The molecule has 3 amide bonds. The molecule has 0 aliphatic carbocycles. The molecule has 0 spiro atoms. The van der Waals surface area contributed by atoms with Gasteiger partial charge in [-0.05, 0) is 37.3 Å². The van der Waals surface area contributed by atoms with Gasteiger partial charge in [0.1, 0.15) is 17.6 Å². The van der Waals surface area contributed by atoms with E-state index in [0.717, 1.165) is 0 Å². The molecule has 1 aromatic heterocycles. The van der Waals surface area contributed by atoms with Gasteiger partial charge in [0.2, 0.25) is 11.8 Å². The number of aromatic amines is 1. The summed E-state index contributed by atoms with van der Waals surface area (Å²) in [6, 6.07) is 5.53. The third-order valence-electron chi connectivity index (χ3n) is 5.16. The SMILES string of the molecule is CC(C)CC(NC(=O)c1nc2c(Cl)cccc2[nH]1)C(=O)N[C@H](C#N)CC1CCNC1=O. The molecule has 10 heteroatoms. The number of benzene rings is 1. The zero-order valence-corrected chi connectivity index (χ0v) is 18.1. The lowest BCUT2D eigenvalue weighted by atomic mass is 9.98. The number of nitriles is 1. The molecule has 4 N–H and O–H groups in total. The first-order valence-corrected chi connectivity index (χ1v) is 10.6. The number of amides is 3. The number of fused-ring (bicyclic) bond motifs is 1. The molecule has 3 atom stereocenters. The maximum atomic E-state index is 12.9. The van der Waals surface area contributed by atoms with E-state index in [4.69, 9.17) is 11.6 Å². The standard InChI is InChI=1S/C21H25ClN6O3/c1-11(2)8-16(20(30)25-13(10-23)9-12-6-7-24-19(12)29)27-21(31)18-26-15-5-3-4-14(22)17(15)28-18/h3-5,11-13,16H,6-9H2,1-2H3,(H,24,29)(H,25,30)(H,26,28)(H,27,31)/t12?,13-,16?/m0/s1. The quantitative estimate of drug-likeness (QED) is 0.492. The van der Waals surface area contributed by atoms with Gasteiger partial charge in [-0.2, -0.15) is 5.26 Å². The lowest BCUT2D eigenvalue weighted by molar-refractivity contribution is -0.125. The minimum absolute atomic E-state index is 0.0455. The van der Waals surface area contributed by atoms with E-state index in [1.165, 1.54) is 0 Å². The number of H-pyrrole nitrogens is 1. The maximum absolute atomic E-state index is 12.9. The van der Waals surface area contributed by atoms with Crippen LogP contribution in [0, 0.1) is 23.2 Å². The van der Waals surface area contributed by atoms with Crippen LogP contribution in [0.5, 0.6) is 0 Å². The zero-order chi connectivity index (χ0) is 22.5. The van der Waals surface area contributed by atoms with Crippen molar-refractivity contribution in [2.24, 2.45) is 11.8 Å². The van der Waals surface area contributed by atoms with Gasteiger partial charge in [-0.1, -0.05) is 31.5 Å². The summed E-state index contributed by atoms with van der Waals surface area (Å²) >= 11 is 6.12. The Morgan fingerprint density at radius 1 is 1.35 bits per heavy atom. The molecular weight excluding hydrogens is 420 g/mol. The van der Waals surface area contributed by atoms with Crippen LogP contribution >= 0.6 is 11.6 Å². The third-order valence-corrected chi connectivity index (χ3v) is 5.47. The molecule has 164 valence electrons. The number of carbonyl (C=O) groups is 3. The van der Waals surface area contributed by atoms with Crippen LogP contribution in [0.4, 0.5) is 0 Å². The van der Waals surface area contributed by atoms with Crippen LogP contribution in [0.25, 0.3) is 11.0 Å². The van der Waals surface area contributed by atoms with E-state index in [0.29, 0.717) is 35.4 Å². The largest absolute Gasteiger partial charge is 0.356 e. The molecule has 31 heavy (non-hydrogen) atoms. The highest BCUT2D eigenvalue weighted by Crippen LogP contribution is 2.21. The van der Waals surface area contributed by atoms with Crippen LogP contribution in [-0.2, 0) is 9.59 Å². The van der Waals surface area contributed by atoms with E-state index in [9.17, 15) is 19.6 Å². The molecule has 1 aliphatic heterocycles. The molecule has 1 aromatic carbocycles. The number of nitrogens with one attached hydrogen (secondary N) is 4. The molecular formula is C21H25ClN6O3. The summed E-state index contributed by atoms with van der Waals surface area (Å²) in [5, 5.41) is 17.9. The smallest absolute Gasteiger partial charge is 0.287 e. The summed E-state index contributed by atoms with van der Waals surface area (Å²) in [5.41, 5.74) is 1.08. The van der Waals surface area contributed by atoms with E-state index in [1.54, 1.807) is 18.2 Å². The van der Waals surface area contributed by atoms with Gasteiger partial charge in [-0.15, -0.1) is 0 Å². The van der Waals surface area contributed by atoms with E-state index in [2.05, 4.69) is 25.9 Å². The third kappa shape index (κ3) is 5.52. The molecule has 1 fully saturated rings. The molecule has 1 saturated heterocycles. The van der Waals surface area contributed by atoms with Crippen molar-refractivity contribution >= 4 is 40.4 Å². The number of halogens is 1. The fraction of sp³-hybridized carbons (Fsp3) is 0.476. The topological polar surface area (TPSA) is 140 Å². The van der Waals surface area contributed by atoms with Gasteiger partial charge >= 0.3 is 0 Å². The lowest BCUT2D eigenvalue weighted by Gasteiger charge is -2.22. The van der Waals surface area contributed by atoms with Crippen LogP contribution in [-0.4, -0.2) is 46.3 Å². The van der Waals surface area contributed by atoms with Crippen LogP contribution < -0.4 is 16.0 Å². The highest BCUT2D eigenvalue weighted by Gasteiger charge is 2.30. The average Bonchev–Trinajstić information content (AvgIpc) is 3.33. The van der Waals surface area contributed by atoms with E-state index in [1.807, 2.05) is 19.9 Å². The first kappa shape index (κ1) is 22.6. The normalized spacial score (nSPS) is 17.8. The summed E-state index contributed by atoms with van der Waals surface area (Å²) in [6.45, 7) is 4.43. The Morgan fingerprint density at radius 2 is 2.13 bits per heavy atom. The van der Waals surface area contributed by atoms with Crippen molar-refractivity contribution in [3.63, 3.8) is 0 Å². The fourth-order valence-electron chi connectivity index (χ4n) is 3.60. The highest BCUT2D eigenvalue weighted by molar-refractivity contribution is 6.35. The number of carbonyl (C=O) groups excluding carboxylic acids is 3. The van der Waals surface area contributed by atoms with E-state index < -0.39 is 23.9 Å². The molecule has 2 unspecified atom stereocenters. The molecule has 9 nitrogen and oxygen atoms in total. The van der Waals surface area contributed by atoms with Crippen molar-refractivity contribution < 1.29 is 14.4 Å². The number of para-hydroxylation sites is 1. The first-order valence-electron chi connectivity index (χ1n) is 10.2. The summed E-state index contributed by atoms with van der Waals surface area (Å²) < 4.78 is 0. The van der Waals surface area contributed by atoms with Crippen molar-refractivity contribution in [2.45, 2.75) is 45.2 Å². The molecule has 1 aliphatic rings. The molecule has 2 aromatic rings. The van der Waals surface area contributed by atoms with E-state index in [-0.39, 0.29) is 30.0 Å². The summed E-state index contributed by atoms with van der Waals surface area (Å²) in [6.07, 6.45) is 1.24. The fourth-order valence-corrected chi connectivity index (χ4v) is 3.82. The number of hydrogen-bond donors (Lipinski definition) is 4. The summed E-state index contributed by atoms with van der Waals surface area (Å²) in [4.78, 5) is 44.5. The zero-order valence-electron chi connectivity index (χ0n) is 17.4. The van der Waals surface area contributed by atoms with Crippen LogP contribution in [0.2, 0.25) is 5.02 Å². The number of hydrogen-bond acceptors (Lipinski definition) is 5. The Balaban J connectivity index is 1.70. The van der Waals surface area contributed by atoms with Crippen LogP contribution in [0.1, 0.15) is 43.7 Å². The van der Waals surface area contributed by atoms with E-state index >= 15 is 0 Å². The monoisotopic (exact) mass is 444 g/mol. The van der Waals surface area contributed by atoms with Gasteiger partial charge in [0.05, 0.1) is 16.6 Å². The summed E-state index contributed by atoms with van der Waals surface area (Å²) in [7, 11) is 0. The van der Waals surface area contributed by atoms with Gasteiger partial charge in [0, 0.05) is 12.5 Å². The highest BCUT2D eigenvalue weighted by atomic mass is 35.5. The predicted octanol–water partition coefficient (Wildman–Crippen LogP) is 1.90. The van der Waals surface area contributed by atoms with Gasteiger partial charge in [-0.25, -0.2) is 4.98 Å². The Morgan fingerprint density at radius 3 is 2.74 bits per heavy atom. The summed E-state index contributed by atoms with van der Waals surface area (Å²) in [5.74, 6) is -1.27. The van der Waals surface area contributed by atoms with Crippen molar-refractivity contribution in [1.29, 1.82) is 5.26 Å². The number of rotatable bonds is 8. The second kappa shape index (κ2) is 9.79. The van der Waals surface area contributed by atoms with Crippen LogP contribution in [0.15, 0.2) is 18.2 Å². The number of nitrogens with zero attached hydrogens (tertiary/aromatic N) is 2. The average molecular weight is 445 g/mol. The van der Waals surface area contributed by atoms with Gasteiger partial charge in [0.15, 0.2) is 5.82 Å². The molecule has 0 radical (unpaired) electrons. The Labute approximate surface area is 184 Å². The second-order valence-electron chi connectivity index (χ2n) is 8.08. The van der Waals surface area contributed by atoms with Crippen molar-refractivity contribution in [3.05, 3.63) is 29.0 Å². The molecule has 0 saturated carbocycles. The molecule has 3 rings (SSSR count). The first-order chi connectivity index (χ1) is 14.8. The number of aromatic nitrogens is 2. The maximum Gasteiger partial charge on any atom is 0.287 e. The van der Waals surface area contributed by atoms with Gasteiger partial charge in [0.25, 0.3) is 5.91 Å². The lowest BCUT2D eigenvalue weighted by Crippen LogP contribution is -2.50. The Bertz CT molecular complexity index is 1030. The van der Waals surface area contributed by atoms with Crippen LogP contribution in [0.3, 0.4) is 0 Å². The van der Waals surface area contributed by atoms with Gasteiger partial charge in [-0.3, -0.25) is 14.4 Å². The van der Waals surface area contributed by atoms with Crippen molar-refractivity contribution in [1.82, 2.24) is 25.9 Å². The molecule has 0 bridgehead atoms. The van der Waals surface area contributed by atoms with Gasteiger partial charge < -0.3 is 20.9 Å². The Hall–Kier alpha value is -3.12. The Kier molecular flexibility index (Phi) is 7.13. The second-order valence-corrected chi connectivity index (χ2v) is 8.49. The predicted molar refractivity (Wildman–Crippen MR) is 115 cm³/mol. The minimum Gasteiger partial charge on any atom is -0.356 e.